The molecule has 5 heterocycles. The number of pyridine rings is 1. The van der Waals surface area contributed by atoms with E-state index in [0.29, 0.717) is 43.2 Å². The Hall–Kier alpha value is -1.99. The summed E-state index contributed by atoms with van der Waals surface area (Å²) < 4.78 is 31.4. The van der Waals surface area contributed by atoms with Crippen molar-refractivity contribution in [2.24, 2.45) is 0 Å². The van der Waals surface area contributed by atoms with E-state index in [4.69, 9.17) is 20.4 Å². The van der Waals surface area contributed by atoms with Gasteiger partial charge in [0.1, 0.15) is 11.6 Å². The van der Waals surface area contributed by atoms with Crippen molar-refractivity contribution < 1.29 is 13.2 Å². The van der Waals surface area contributed by atoms with Crippen LogP contribution in [0.1, 0.15) is 19.5 Å². The zero-order valence-electron chi connectivity index (χ0n) is 20.4. The van der Waals surface area contributed by atoms with E-state index in [0.717, 1.165) is 48.0 Å². The van der Waals surface area contributed by atoms with Crippen molar-refractivity contribution in [3.8, 4) is 11.4 Å². The Labute approximate surface area is 211 Å². The lowest BCUT2D eigenvalue weighted by molar-refractivity contribution is 0.0781. The minimum absolute atomic E-state index is 0.152. The quantitative estimate of drug-likeness (QED) is 0.620. The molecule has 5 rings (SSSR count). The highest BCUT2D eigenvalue weighted by atomic mass is 32.2. The molecule has 190 valence electrons. The highest BCUT2D eigenvalue weighted by Crippen LogP contribution is 2.43. The molecule has 1 unspecified atom stereocenters. The number of nitrogen functional groups attached to an aromatic ring is 1. The van der Waals surface area contributed by atoms with Gasteiger partial charge in [-0.2, -0.15) is 4.31 Å². The van der Waals surface area contributed by atoms with Crippen LogP contribution in [0.2, 0.25) is 0 Å². The van der Waals surface area contributed by atoms with Crippen molar-refractivity contribution >= 4 is 33.4 Å². The lowest BCUT2D eigenvalue weighted by atomic mass is 10.1. The number of ether oxygens (including phenoxy) is 1. The molecule has 0 spiro atoms. The fourth-order valence-electron chi connectivity index (χ4n) is 5.10. The second-order valence-corrected chi connectivity index (χ2v) is 12.9. The van der Waals surface area contributed by atoms with E-state index in [2.05, 4.69) is 28.6 Å². The number of anilines is 2. The molecular formula is C23H33N7O3S2. The average Bonchev–Trinajstić information content (AvgIpc) is 3.23. The zero-order chi connectivity index (χ0) is 24.7. The summed E-state index contributed by atoms with van der Waals surface area (Å²) in [7, 11) is -3.18. The summed E-state index contributed by atoms with van der Waals surface area (Å²) in [6.45, 7) is 9.14. The molecule has 2 aromatic rings. The van der Waals surface area contributed by atoms with E-state index in [9.17, 15) is 8.42 Å². The van der Waals surface area contributed by atoms with Crippen molar-refractivity contribution in [3.63, 3.8) is 0 Å². The number of nitrogens with two attached hydrogens (primary N) is 1. The third kappa shape index (κ3) is 5.26. The zero-order valence-corrected chi connectivity index (χ0v) is 22.1. The summed E-state index contributed by atoms with van der Waals surface area (Å²) in [6.07, 6.45) is 3.87. The first-order chi connectivity index (χ1) is 16.7. The molecule has 10 nitrogen and oxygen atoms in total. The molecule has 0 bridgehead atoms. The van der Waals surface area contributed by atoms with Crippen molar-refractivity contribution in [2.45, 2.75) is 42.5 Å². The molecule has 0 aromatic carbocycles. The highest BCUT2D eigenvalue weighted by molar-refractivity contribution is 8.00. The minimum Gasteiger partial charge on any atom is -0.384 e. The SMILES string of the molecule is C[C@@H]1CN(S(C)(=O)=O)C[C@H](C)N1CC1Cc2nc(-c3ccc(N)nc3)nc(N3CCOCC3)c2S1. The van der Waals surface area contributed by atoms with E-state index in [-0.39, 0.29) is 12.1 Å². The number of nitrogens with zero attached hydrogens (tertiary/aromatic N) is 6. The van der Waals surface area contributed by atoms with Gasteiger partial charge in [-0.3, -0.25) is 4.90 Å². The third-order valence-electron chi connectivity index (χ3n) is 6.93. The van der Waals surface area contributed by atoms with Crippen LogP contribution >= 0.6 is 11.8 Å². The lowest BCUT2D eigenvalue weighted by Crippen LogP contribution is -2.58. The number of morpholine rings is 1. The van der Waals surface area contributed by atoms with Crippen molar-refractivity contribution in [3.05, 3.63) is 24.0 Å². The molecular weight excluding hydrogens is 486 g/mol. The number of hydrogen-bond donors (Lipinski definition) is 1. The molecule has 0 aliphatic carbocycles. The Balaban J connectivity index is 1.39. The normalized spacial score (nSPS) is 26.1. The van der Waals surface area contributed by atoms with Gasteiger partial charge in [0, 0.05) is 68.2 Å². The monoisotopic (exact) mass is 519 g/mol. The van der Waals surface area contributed by atoms with Gasteiger partial charge in [-0.25, -0.2) is 23.4 Å². The van der Waals surface area contributed by atoms with Crippen molar-refractivity contribution in [2.75, 3.05) is 62.8 Å². The summed E-state index contributed by atoms with van der Waals surface area (Å²) in [5.74, 6) is 2.11. The number of aromatic nitrogens is 3. The summed E-state index contributed by atoms with van der Waals surface area (Å²) in [5, 5.41) is 0.327. The van der Waals surface area contributed by atoms with Crippen LogP contribution in [-0.4, -0.2) is 102 Å². The fraction of sp³-hybridized carbons (Fsp3) is 0.609. The van der Waals surface area contributed by atoms with Crippen molar-refractivity contribution in [1.82, 2.24) is 24.2 Å². The summed E-state index contributed by atoms with van der Waals surface area (Å²) >= 11 is 1.85. The summed E-state index contributed by atoms with van der Waals surface area (Å²) in [4.78, 5) is 20.1. The lowest BCUT2D eigenvalue weighted by Gasteiger charge is -2.44. The van der Waals surface area contributed by atoms with Crippen LogP contribution in [0, 0.1) is 0 Å². The van der Waals surface area contributed by atoms with Crippen LogP contribution in [0.15, 0.2) is 23.2 Å². The molecule has 2 aromatic heterocycles. The van der Waals surface area contributed by atoms with Crippen LogP contribution in [0.3, 0.4) is 0 Å². The predicted octanol–water partition coefficient (Wildman–Crippen LogP) is 1.33. The van der Waals surface area contributed by atoms with Gasteiger partial charge < -0.3 is 15.4 Å². The van der Waals surface area contributed by atoms with E-state index in [1.165, 1.54) is 6.26 Å². The van der Waals surface area contributed by atoms with Crippen LogP contribution in [0.5, 0.6) is 0 Å². The molecule has 12 heteroatoms. The first-order valence-electron chi connectivity index (χ1n) is 12.0. The van der Waals surface area contributed by atoms with Gasteiger partial charge in [-0.1, -0.05) is 0 Å². The van der Waals surface area contributed by atoms with Crippen LogP contribution in [0.25, 0.3) is 11.4 Å². The second-order valence-electron chi connectivity index (χ2n) is 9.64. The Morgan fingerprint density at radius 1 is 1.14 bits per heavy atom. The standard InChI is InChI=1S/C23H33N7O3S2/c1-15-12-29(35(3,31)32)13-16(2)30(15)14-18-10-19-21(34-18)23(28-6-8-33-9-7-28)27-22(26-19)17-4-5-20(24)25-11-17/h4-5,11,15-16,18H,6-10,12-14H2,1-3H3,(H2,24,25)/t15-,16+,18?. The largest absolute Gasteiger partial charge is 0.384 e. The Morgan fingerprint density at radius 2 is 1.86 bits per heavy atom. The summed E-state index contributed by atoms with van der Waals surface area (Å²) in [6, 6.07) is 3.99. The van der Waals surface area contributed by atoms with Crippen molar-refractivity contribution in [1.29, 1.82) is 0 Å². The summed E-state index contributed by atoms with van der Waals surface area (Å²) in [5.41, 5.74) is 7.70. The van der Waals surface area contributed by atoms with Gasteiger partial charge in [0.2, 0.25) is 10.0 Å². The molecule has 2 saturated heterocycles. The number of fused-ring (bicyclic) bond motifs is 1. The minimum atomic E-state index is -3.18. The number of piperazine rings is 1. The van der Waals surface area contributed by atoms with Gasteiger partial charge in [-0.05, 0) is 26.0 Å². The van der Waals surface area contributed by atoms with E-state index in [1.54, 1.807) is 16.6 Å². The molecule has 0 radical (unpaired) electrons. The smallest absolute Gasteiger partial charge is 0.211 e. The van der Waals surface area contributed by atoms with Gasteiger partial charge in [0.05, 0.1) is 30.1 Å². The van der Waals surface area contributed by atoms with E-state index >= 15 is 0 Å². The van der Waals surface area contributed by atoms with Gasteiger partial charge in [0.25, 0.3) is 0 Å². The maximum Gasteiger partial charge on any atom is 0.211 e. The highest BCUT2D eigenvalue weighted by Gasteiger charge is 2.37. The second kappa shape index (κ2) is 9.81. The number of rotatable bonds is 5. The number of thioether (sulfide) groups is 1. The van der Waals surface area contributed by atoms with E-state index in [1.807, 2.05) is 17.8 Å². The molecule has 3 atom stereocenters. The maximum absolute atomic E-state index is 12.1. The Bertz CT molecular complexity index is 1160. The predicted molar refractivity (Wildman–Crippen MR) is 138 cm³/mol. The van der Waals surface area contributed by atoms with Crippen LogP contribution in [-0.2, 0) is 21.2 Å². The molecule has 2 fully saturated rings. The third-order valence-corrected chi connectivity index (χ3v) is 9.47. The Morgan fingerprint density at radius 3 is 2.49 bits per heavy atom. The molecule has 3 aliphatic rings. The molecule has 2 N–H and O–H groups in total. The number of sulfonamides is 1. The molecule has 3 aliphatic heterocycles. The van der Waals surface area contributed by atoms with Crippen LogP contribution < -0.4 is 10.6 Å². The first-order valence-corrected chi connectivity index (χ1v) is 14.7. The first kappa shape index (κ1) is 24.7. The molecule has 35 heavy (non-hydrogen) atoms. The topological polar surface area (TPSA) is 118 Å². The average molecular weight is 520 g/mol. The van der Waals surface area contributed by atoms with E-state index < -0.39 is 10.0 Å². The Kier molecular flexibility index (Phi) is 6.92. The fourth-order valence-corrected chi connectivity index (χ4v) is 7.44. The van der Waals surface area contributed by atoms with Crippen LogP contribution in [0.4, 0.5) is 11.6 Å². The van der Waals surface area contributed by atoms with Gasteiger partial charge in [0.15, 0.2) is 5.82 Å². The van der Waals surface area contributed by atoms with Gasteiger partial charge in [-0.15, -0.1) is 11.8 Å². The maximum atomic E-state index is 12.1. The molecule has 0 saturated carbocycles. The molecule has 0 amide bonds. The number of hydrogen-bond acceptors (Lipinski definition) is 10. The van der Waals surface area contributed by atoms with Gasteiger partial charge >= 0.3 is 0 Å².